The van der Waals surface area contributed by atoms with Crippen LogP contribution in [-0.2, 0) is 11.3 Å². The lowest BCUT2D eigenvalue weighted by Gasteiger charge is -2.37. The number of rotatable bonds is 3. The number of carbonyl (C=O) groups is 3. The average Bonchev–Trinajstić information content (AvgIpc) is 3.57. The van der Waals surface area contributed by atoms with Crippen LogP contribution in [0, 0.1) is 0 Å². The van der Waals surface area contributed by atoms with Crippen molar-refractivity contribution in [1.82, 2.24) is 19.4 Å². The van der Waals surface area contributed by atoms with Crippen molar-refractivity contribution in [2.45, 2.75) is 24.8 Å². The van der Waals surface area contributed by atoms with E-state index in [2.05, 4.69) is 4.98 Å². The van der Waals surface area contributed by atoms with E-state index >= 15 is 0 Å². The SMILES string of the molecule is O=C(O)C(F)(F)F.O=C(c1ccco1)N1C[C@@H]2[C@H](C1)n1cccc1C(=O)N2Cc1ccccn1. The largest absolute Gasteiger partial charge is 0.490 e. The predicted molar refractivity (Wildman–Crippen MR) is 110 cm³/mol. The van der Waals surface area contributed by atoms with Crippen LogP contribution >= 0.6 is 0 Å². The summed E-state index contributed by atoms with van der Waals surface area (Å²) in [6, 6.07) is 12.7. The zero-order valence-corrected chi connectivity index (χ0v) is 17.6. The zero-order valence-electron chi connectivity index (χ0n) is 17.6. The van der Waals surface area contributed by atoms with Crippen molar-refractivity contribution in [1.29, 1.82) is 0 Å². The van der Waals surface area contributed by atoms with Gasteiger partial charge < -0.3 is 23.9 Å². The van der Waals surface area contributed by atoms with Crippen LogP contribution < -0.4 is 0 Å². The number of hydrogen-bond donors (Lipinski definition) is 1. The number of amides is 2. The van der Waals surface area contributed by atoms with E-state index in [9.17, 15) is 22.8 Å². The van der Waals surface area contributed by atoms with Crippen molar-refractivity contribution < 1.29 is 37.1 Å². The van der Waals surface area contributed by atoms with E-state index in [0.717, 1.165) is 5.69 Å². The smallest absolute Gasteiger partial charge is 0.475 e. The molecular weight excluding hydrogens is 457 g/mol. The van der Waals surface area contributed by atoms with Crippen molar-refractivity contribution in [2.24, 2.45) is 0 Å². The number of fused-ring (bicyclic) bond motifs is 3. The Morgan fingerprint density at radius 2 is 1.82 bits per heavy atom. The molecule has 1 saturated heterocycles. The molecule has 0 aromatic carbocycles. The molecule has 3 aromatic rings. The molecule has 5 rings (SSSR count). The van der Waals surface area contributed by atoms with Gasteiger partial charge in [0.2, 0.25) is 0 Å². The van der Waals surface area contributed by atoms with Gasteiger partial charge in [-0.1, -0.05) is 6.07 Å². The van der Waals surface area contributed by atoms with Gasteiger partial charge in [0, 0.05) is 25.5 Å². The summed E-state index contributed by atoms with van der Waals surface area (Å²) in [5.41, 5.74) is 1.49. The number of aliphatic carboxylic acids is 1. The van der Waals surface area contributed by atoms with Crippen LogP contribution in [0.15, 0.2) is 65.5 Å². The summed E-state index contributed by atoms with van der Waals surface area (Å²) in [7, 11) is 0. The van der Waals surface area contributed by atoms with Crippen LogP contribution in [0.4, 0.5) is 13.2 Å². The molecule has 178 valence electrons. The van der Waals surface area contributed by atoms with Gasteiger partial charge in [-0.25, -0.2) is 4.79 Å². The molecule has 3 aromatic heterocycles. The molecule has 0 radical (unpaired) electrons. The van der Waals surface area contributed by atoms with Crippen LogP contribution in [0.25, 0.3) is 0 Å². The molecule has 34 heavy (non-hydrogen) atoms. The first kappa shape index (κ1) is 23.1. The van der Waals surface area contributed by atoms with Crippen LogP contribution in [0.5, 0.6) is 0 Å². The number of aromatic nitrogens is 2. The fraction of sp³-hybridized carbons (Fsp3) is 0.273. The minimum absolute atomic E-state index is 0.0234. The summed E-state index contributed by atoms with van der Waals surface area (Å²) in [5.74, 6) is -2.61. The zero-order chi connectivity index (χ0) is 24.5. The maximum Gasteiger partial charge on any atom is 0.490 e. The van der Waals surface area contributed by atoms with Gasteiger partial charge in [-0.05, 0) is 36.4 Å². The van der Waals surface area contributed by atoms with Crippen LogP contribution in [0.1, 0.15) is 32.8 Å². The molecule has 2 aliphatic heterocycles. The molecule has 1 N–H and O–H groups in total. The summed E-state index contributed by atoms with van der Waals surface area (Å²) < 4.78 is 39.0. The number of nitrogens with zero attached hydrogens (tertiary/aromatic N) is 4. The third-order valence-corrected chi connectivity index (χ3v) is 5.60. The number of likely N-dealkylation sites (tertiary alicyclic amines) is 1. The monoisotopic (exact) mass is 476 g/mol. The number of carbonyl (C=O) groups excluding carboxylic acids is 2. The van der Waals surface area contributed by atoms with E-state index in [4.69, 9.17) is 14.3 Å². The molecule has 9 nitrogen and oxygen atoms in total. The number of halogens is 3. The maximum absolute atomic E-state index is 13.1. The Labute approximate surface area is 191 Å². The van der Waals surface area contributed by atoms with Gasteiger partial charge in [-0.2, -0.15) is 13.2 Å². The molecule has 12 heteroatoms. The summed E-state index contributed by atoms with van der Waals surface area (Å²) in [6.45, 7) is 1.44. The quantitative estimate of drug-likeness (QED) is 0.623. The number of hydrogen-bond acceptors (Lipinski definition) is 5. The number of pyridine rings is 1. The number of carboxylic acids is 1. The molecule has 0 saturated carbocycles. The Balaban J connectivity index is 0.000000344. The molecule has 2 aliphatic rings. The van der Waals surface area contributed by atoms with Crippen molar-refractivity contribution in [3.05, 3.63) is 78.3 Å². The van der Waals surface area contributed by atoms with Crippen LogP contribution in [-0.4, -0.2) is 67.5 Å². The minimum atomic E-state index is -5.08. The molecule has 0 spiro atoms. The Kier molecular flexibility index (Phi) is 6.14. The van der Waals surface area contributed by atoms with Crippen LogP contribution in [0.2, 0.25) is 0 Å². The van der Waals surface area contributed by atoms with E-state index in [-0.39, 0.29) is 23.9 Å². The Morgan fingerprint density at radius 1 is 1.09 bits per heavy atom. The fourth-order valence-electron chi connectivity index (χ4n) is 4.09. The van der Waals surface area contributed by atoms with E-state index in [1.54, 1.807) is 23.2 Å². The molecule has 2 amide bonds. The highest BCUT2D eigenvalue weighted by atomic mass is 19.4. The van der Waals surface area contributed by atoms with E-state index in [0.29, 0.717) is 31.1 Å². The molecule has 2 atom stereocenters. The van der Waals surface area contributed by atoms with Gasteiger partial charge in [-0.15, -0.1) is 0 Å². The average molecular weight is 476 g/mol. The molecule has 5 heterocycles. The Morgan fingerprint density at radius 3 is 2.44 bits per heavy atom. The first-order chi connectivity index (χ1) is 16.2. The van der Waals surface area contributed by atoms with Gasteiger partial charge in [0.15, 0.2) is 5.76 Å². The first-order valence-electron chi connectivity index (χ1n) is 10.2. The second kappa shape index (κ2) is 9.04. The fourth-order valence-corrected chi connectivity index (χ4v) is 4.09. The summed E-state index contributed by atoms with van der Waals surface area (Å²) in [6.07, 6.45) is 0.0620. The molecule has 0 unspecified atom stereocenters. The summed E-state index contributed by atoms with van der Waals surface area (Å²) >= 11 is 0. The van der Waals surface area contributed by atoms with E-state index in [1.165, 1.54) is 6.26 Å². The molecular formula is C22H19F3N4O5. The Hall–Kier alpha value is -4.09. The second-order valence-electron chi connectivity index (χ2n) is 7.68. The lowest BCUT2D eigenvalue weighted by Crippen LogP contribution is -2.50. The normalized spacial score (nSPS) is 19.2. The highest BCUT2D eigenvalue weighted by molar-refractivity contribution is 5.95. The van der Waals surface area contributed by atoms with Gasteiger partial charge in [0.05, 0.1) is 30.6 Å². The standard InChI is InChI=1S/C20H18N4O3.C2HF3O2/c25-19-15-6-3-9-23(15)16-12-22(20(26)18-7-4-10-27-18)13-17(16)24(19)11-14-5-1-2-8-21-14;3-2(4,5)1(6)7/h1-10,16-17H,11-13H2;(H,6,7)/t16-,17+;/m0./s1. The van der Waals surface area contributed by atoms with Crippen molar-refractivity contribution >= 4 is 17.8 Å². The highest BCUT2D eigenvalue weighted by Gasteiger charge is 2.46. The third-order valence-electron chi connectivity index (χ3n) is 5.60. The van der Waals surface area contributed by atoms with E-state index in [1.807, 2.05) is 46.0 Å². The predicted octanol–water partition coefficient (Wildman–Crippen LogP) is 2.83. The molecule has 0 bridgehead atoms. The summed E-state index contributed by atoms with van der Waals surface area (Å²) in [5, 5.41) is 7.12. The number of carboxylic acid groups (broad SMARTS) is 1. The Bertz CT molecular complexity index is 1180. The number of furan rings is 1. The van der Waals surface area contributed by atoms with Gasteiger partial charge in [0.1, 0.15) is 5.69 Å². The van der Waals surface area contributed by atoms with E-state index < -0.39 is 12.1 Å². The topological polar surface area (TPSA) is 109 Å². The second-order valence-corrected chi connectivity index (χ2v) is 7.68. The molecule has 1 fully saturated rings. The first-order valence-corrected chi connectivity index (χ1v) is 10.2. The lowest BCUT2D eigenvalue weighted by molar-refractivity contribution is -0.192. The van der Waals surface area contributed by atoms with Crippen molar-refractivity contribution in [2.75, 3.05) is 13.1 Å². The van der Waals surface area contributed by atoms with Gasteiger partial charge in [0.25, 0.3) is 11.8 Å². The van der Waals surface area contributed by atoms with Crippen molar-refractivity contribution in [3.63, 3.8) is 0 Å². The molecule has 0 aliphatic carbocycles. The van der Waals surface area contributed by atoms with Gasteiger partial charge in [-0.3, -0.25) is 14.6 Å². The van der Waals surface area contributed by atoms with Crippen molar-refractivity contribution in [3.8, 4) is 0 Å². The van der Waals surface area contributed by atoms with Crippen LogP contribution in [0.3, 0.4) is 0 Å². The third kappa shape index (κ3) is 4.51. The maximum atomic E-state index is 13.1. The summed E-state index contributed by atoms with van der Waals surface area (Å²) in [4.78, 5) is 42.7. The minimum Gasteiger partial charge on any atom is -0.475 e. The highest BCUT2D eigenvalue weighted by Crippen LogP contribution is 2.35. The lowest BCUT2D eigenvalue weighted by atomic mass is 10.1. The van der Waals surface area contributed by atoms with Gasteiger partial charge >= 0.3 is 12.1 Å². The number of alkyl halides is 3.